The van der Waals surface area contributed by atoms with Crippen LogP contribution in [0.3, 0.4) is 0 Å². The molecule has 0 fully saturated rings. The molecular weight excluding hydrogens is 183 g/mol. The highest BCUT2D eigenvalue weighted by Gasteiger charge is 2.09. The van der Waals surface area contributed by atoms with Crippen LogP contribution >= 0.6 is 0 Å². The average molecular weight is 194 g/mol. The van der Waals surface area contributed by atoms with E-state index in [4.69, 9.17) is 5.73 Å². The van der Waals surface area contributed by atoms with Crippen molar-refractivity contribution in [1.29, 1.82) is 0 Å². The molecule has 2 heterocycles. The Morgan fingerprint density at radius 2 is 2.43 bits per heavy atom. The maximum Gasteiger partial charge on any atom is 0.154 e. The number of fused-ring (bicyclic) bond motifs is 1. The minimum absolute atomic E-state index is 0.314. The van der Waals surface area contributed by atoms with Gasteiger partial charge in [-0.1, -0.05) is 0 Å². The van der Waals surface area contributed by atoms with E-state index in [1.54, 1.807) is 23.0 Å². The summed E-state index contributed by atoms with van der Waals surface area (Å²) in [4.78, 5) is 4.06. The van der Waals surface area contributed by atoms with Crippen molar-refractivity contribution in [2.45, 2.75) is 12.6 Å². The largest absolute Gasteiger partial charge is 0.330 e. The van der Waals surface area contributed by atoms with Crippen LogP contribution < -0.4 is 5.73 Å². The van der Waals surface area contributed by atoms with Gasteiger partial charge in [-0.25, -0.2) is 13.9 Å². The number of nitrogens with zero attached hydrogens (tertiary/aromatic N) is 3. The van der Waals surface area contributed by atoms with E-state index in [2.05, 4.69) is 10.1 Å². The summed E-state index contributed by atoms with van der Waals surface area (Å²) in [5, 5.41) is 3.98. The highest BCUT2D eigenvalue weighted by molar-refractivity contribution is 5.36. The number of nitrogens with two attached hydrogens (primary N) is 1. The minimum Gasteiger partial charge on any atom is -0.330 e. The van der Waals surface area contributed by atoms with Crippen molar-refractivity contribution >= 4 is 5.65 Å². The predicted octanol–water partition coefficient (Wildman–Crippen LogP) is 1.09. The third-order valence-electron chi connectivity index (χ3n) is 2.05. The first-order chi connectivity index (χ1) is 6.81. The van der Waals surface area contributed by atoms with E-state index in [-0.39, 0.29) is 0 Å². The summed E-state index contributed by atoms with van der Waals surface area (Å²) in [6, 6.07) is 1.76. The lowest BCUT2D eigenvalue weighted by atomic mass is 10.1. The summed E-state index contributed by atoms with van der Waals surface area (Å²) in [5.41, 5.74) is 6.51. The molecule has 0 saturated heterocycles. The normalized spacial score (nSPS) is 13.3. The fourth-order valence-corrected chi connectivity index (χ4v) is 1.30. The topological polar surface area (TPSA) is 56.2 Å². The number of hydrogen-bond donors (Lipinski definition) is 1. The molecule has 0 saturated carbocycles. The smallest absolute Gasteiger partial charge is 0.154 e. The molecule has 0 bridgehead atoms. The van der Waals surface area contributed by atoms with Crippen LogP contribution in [0.4, 0.5) is 4.39 Å². The van der Waals surface area contributed by atoms with E-state index in [0.717, 1.165) is 0 Å². The molecule has 0 spiro atoms. The van der Waals surface area contributed by atoms with Crippen LogP contribution in [-0.2, 0) is 0 Å². The summed E-state index contributed by atoms with van der Waals surface area (Å²) in [5.74, 6) is 0. The van der Waals surface area contributed by atoms with Gasteiger partial charge in [0.2, 0.25) is 0 Å². The van der Waals surface area contributed by atoms with Gasteiger partial charge in [0.25, 0.3) is 0 Å². The molecule has 4 nitrogen and oxygen atoms in total. The monoisotopic (exact) mass is 194 g/mol. The second kappa shape index (κ2) is 3.71. The summed E-state index contributed by atoms with van der Waals surface area (Å²) >= 11 is 0. The van der Waals surface area contributed by atoms with Gasteiger partial charge in [0, 0.05) is 24.0 Å². The van der Waals surface area contributed by atoms with Gasteiger partial charge in [0.15, 0.2) is 5.65 Å². The molecule has 0 aliphatic carbocycles. The third kappa shape index (κ3) is 1.58. The number of halogens is 1. The molecule has 1 unspecified atom stereocenters. The van der Waals surface area contributed by atoms with E-state index in [1.165, 1.54) is 6.20 Å². The molecule has 14 heavy (non-hydrogen) atoms. The Bertz CT molecular complexity index is 425. The van der Waals surface area contributed by atoms with Crippen molar-refractivity contribution in [3.63, 3.8) is 0 Å². The Morgan fingerprint density at radius 3 is 3.21 bits per heavy atom. The van der Waals surface area contributed by atoms with E-state index >= 15 is 0 Å². The van der Waals surface area contributed by atoms with Gasteiger partial charge in [0.05, 0.1) is 6.20 Å². The molecule has 0 aliphatic rings. The zero-order valence-corrected chi connectivity index (χ0v) is 7.60. The highest BCUT2D eigenvalue weighted by atomic mass is 19.1. The second-order valence-electron chi connectivity index (χ2n) is 3.07. The molecule has 2 aromatic rings. The Morgan fingerprint density at radius 1 is 1.57 bits per heavy atom. The molecule has 2 N–H and O–H groups in total. The maximum atomic E-state index is 13.4. The summed E-state index contributed by atoms with van der Waals surface area (Å²) in [7, 11) is 0. The van der Waals surface area contributed by atoms with Crippen LogP contribution in [0, 0.1) is 0 Å². The number of hydrogen-bond acceptors (Lipinski definition) is 3. The lowest BCUT2D eigenvalue weighted by Crippen LogP contribution is -2.05. The van der Waals surface area contributed by atoms with Crippen LogP contribution in [0.1, 0.15) is 18.2 Å². The first-order valence-electron chi connectivity index (χ1n) is 4.44. The number of aromatic nitrogens is 3. The highest BCUT2D eigenvalue weighted by Crippen LogP contribution is 2.19. The molecule has 5 heteroatoms. The fraction of sp³-hybridized carbons (Fsp3) is 0.333. The first-order valence-corrected chi connectivity index (χ1v) is 4.44. The van der Waals surface area contributed by atoms with E-state index in [0.29, 0.717) is 24.2 Å². The quantitative estimate of drug-likeness (QED) is 0.795. The van der Waals surface area contributed by atoms with E-state index in [9.17, 15) is 4.39 Å². The van der Waals surface area contributed by atoms with Crippen molar-refractivity contribution < 1.29 is 4.39 Å². The predicted molar refractivity (Wildman–Crippen MR) is 50.5 cm³/mol. The third-order valence-corrected chi connectivity index (χ3v) is 2.05. The minimum atomic E-state index is -1.05. The molecule has 0 aliphatic heterocycles. The van der Waals surface area contributed by atoms with Gasteiger partial charge in [-0.2, -0.15) is 5.10 Å². The Balaban J connectivity index is 2.33. The summed E-state index contributed by atoms with van der Waals surface area (Å²) in [6.07, 6.45) is 4.05. The van der Waals surface area contributed by atoms with Crippen LogP contribution in [0.2, 0.25) is 0 Å². The van der Waals surface area contributed by atoms with Gasteiger partial charge in [-0.3, -0.25) is 0 Å². The average Bonchev–Trinajstić information content (AvgIpc) is 2.64. The molecular formula is C9H11FN4. The Kier molecular flexibility index (Phi) is 2.41. The standard InChI is InChI=1S/C9H11FN4/c10-8(1-3-11)7-5-12-9-2-4-13-14(9)6-7/h2,4-6,8H,1,3,11H2. The molecule has 2 aromatic heterocycles. The molecule has 0 aromatic carbocycles. The fourth-order valence-electron chi connectivity index (χ4n) is 1.30. The van der Waals surface area contributed by atoms with Crippen LogP contribution in [0.5, 0.6) is 0 Å². The molecule has 1 atom stereocenters. The van der Waals surface area contributed by atoms with Crippen LogP contribution in [0.15, 0.2) is 24.7 Å². The lowest BCUT2D eigenvalue weighted by Gasteiger charge is -2.06. The van der Waals surface area contributed by atoms with Gasteiger partial charge < -0.3 is 5.73 Å². The zero-order valence-electron chi connectivity index (χ0n) is 7.60. The Labute approximate surface area is 80.6 Å². The van der Waals surface area contributed by atoms with Gasteiger partial charge >= 0.3 is 0 Å². The molecule has 0 radical (unpaired) electrons. The molecule has 0 amide bonds. The first kappa shape index (κ1) is 9.08. The molecule has 2 rings (SSSR count). The van der Waals surface area contributed by atoms with Gasteiger partial charge in [-0.15, -0.1) is 0 Å². The Hall–Kier alpha value is -1.49. The van der Waals surface area contributed by atoms with Crippen molar-refractivity contribution in [2.24, 2.45) is 5.73 Å². The maximum absolute atomic E-state index is 13.4. The van der Waals surface area contributed by atoms with Gasteiger partial charge in [0.1, 0.15) is 6.17 Å². The van der Waals surface area contributed by atoms with E-state index < -0.39 is 6.17 Å². The second-order valence-corrected chi connectivity index (χ2v) is 3.07. The van der Waals surface area contributed by atoms with Crippen molar-refractivity contribution in [3.8, 4) is 0 Å². The van der Waals surface area contributed by atoms with Crippen molar-refractivity contribution in [2.75, 3.05) is 6.54 Å². The SMILES string of the molecule is NCCC(F)c1cnc2ccnn2c1. The summed E-state index contributed by atoms with van der Waals surface area (Å²) < 4.78 is 15.0. The van der Waals surface area contributed by atoms with Gasteiger partial charge in [-0.05, 0) is 13.0 Å². The van der Waals surface area contributed by atoms with E-state index in [1.807, 2.05) is 0 Å². The van der Waals surface area contributed by atoms with Crippen molar-refractivity contribution in [3.05, 3.63) is 30.2 Å². The lowest BCUT2D eigenvalue weighted by molar-refractivity contribution is 0.325. The van der Waals surface area contributed by atoms with Crippen molar-refractivity contribution in [1.82, 2.24) is 14.6 Å². The number of alkyl halides is 1. The summed E-state index contributed by atoms with van der Waals surface area (Å²) in [6.45, 7) is 0.332. The zero-order chi connectivity index (χ0) is 9.97. The number of rotatable bonds is 3. The molecule has 74 valence electrons. The van der Waals surface area contributed by atoms with Crippen LogP contribution in [-0.4, -0.2) is 21.1 Å². The van der Waals surface area contributed by atoms with Crippen LogP contribution in [0.25, 0.3) is 5.65 Å².